The van der Waals surface area contributed by atoms with Gasteiger partial charge in [-0.2, -0.15) is 14.6 Å². The zero-order chi connectivity index (χ0) is 25.4. The number of fused-ring (bicyclic) bond motifs is 1. The van der Waals surface area contributed by atoms with Crippen LogP contribution in [0.2, 0.25) is 0 Å². The number of rotatable bonds is 7. The molecule has 184 valence electrons. The van der Waals surface area contributed by atoms with Crippen LogP contribution in [-0.2, 0) is 13.1 Å². The largest absolute Gasteiger partial charge is 0.363 e. The lowest BCUT2D eigenvalue weighted by atomic mass is 10.0. The third-order valence-corrected chi connectivity index (χ3v) is 6.13. The first-order chi connectivity index (χ1) is 17.3. The average Bonchev–Trinajstić information content (AvgIpc) is 3.40. The minimum Gasteiger partial charge on any atom is -0.363 e. The zero-order valence-corrected chi connectivity index (χ0v) is 21.5. The maximum absolute atomic E-state index is 5.48. The lowest BCUT2D eigenvalue weighted by Gasteiger charge is -2.24. The van der Waals surface area contributed by atoms with Crippen molar-refractivity contribution in [1.82, 2.24) is 29.7 Å². The number of hydrogen-bond acceptors (Lipinski definition) is 8. The van der Waals surface area contributed by atoms with Crippen molar-refractivity contribution in [2.75, 3.05) is 23.9 Å². The summed E-state index contributed by atoms with van der Waals surface area (Å²) in [6, 6.07) is 14.5. The summed E-state index contributed by atoms with van der Waals surface area (Å²) in [7, 11) is 3.98. The Morgan fingerprint density at radius 1 is 0.944 bits per heavy atom. The summed E-state index contributed by atoms with van der Waals surface area (Å²) < 4.78 is 7.40. The van der Waals surface area contributed by atoms with Crippen molar-refractivity contribution >= 4 is 17.3 Å². The SMILES string of the molecule is Cc1cc(N(Cc2ccccc2)Cc2nc(C)no2)n2nc(C)c(-c3cnc(N(C)C)cc3C)c2n1. The van der Waals surface area contributed by atoms with Crippen LogP contribution in [0.1, 0.15) is 34.2 Å². The van der Waals surface area contributed by atoms with Gasteiger partial charge < -0.3 is 14.3 Å². The quantitative estimate of drug-likeness (QED) is 0.330. The second-order valence-electron chi connectivity index (χ2n) is 9.28. The molecule has 0 amide bonds. The van der Waals surface area contributed by atoms with Crippen LogP contribution in [0.4, 0.5) is 11.6 Å². The van der Waals surface area contributed by atoms with Crippen LogP contribution in [0.15, 0.2) is 53.2 Å². The molecule has 36 heavy (non-hydrogen) atoms. The number of pyridine rings is 1. The standard InChI is InChI=1S/C27H30N8O/c1-17-12-23(33(5)6)28-14-22(17)26-19(3)31-35-25(13-18(2)29-27(26)35)34(15-21-10-8-7-9-11-21)16-24-30-20(4)32-36-24/h7-14H,15-16H2,1-6H3. The van der Waals surface area contributed by atoms with E-state index < -0.39 is 0 Å². The van der Waals surface area contributed by atoms with E-state index in [0.29, 0.717) is 24.8 Å². The molecular weight excluding hydrogens is 452 g/mol. The molecule has 4 aromatic heterocycles. The van der Waals surface area contributed by atoms with Crippen molar-refractivity contribution in [2.45, 2.75) is 40.8 Å². The van der Waals surface area contributed by atoms with Gasteiger partial charge in [0.1, 0.15) is 11.6 Å². The van der Waals surface area contributed by atoms with Gasteiger partial charge in [0.15, 0.2) is 11.5 Å². The number of aryl methyl sites for hydroxylation is 4. The first-order valence-corrected chi connectivity index (χ1v) is 11.9. The number of anilines is 2. The fourth-order valence-corrected chi connectivity index (χ4v) is 4.40. The second kappa shape index (κ2) is 9.41. The predicted octanol–water partition coefficient (Wildman–Crippen LogP) is 4.68. The van der Waals surface area contributed by atoms with Crippen molar-refractivity contribution < 1.29 is 4.52 Å². The van der Waals surface area contributed by atoms with Gasteiger partial charge in [-0.15, -0.1) is 0 Å². The molecule has 0 bridgehead atoms. The summed E-state index contributed by atoms with van der Waals surface area (Å²) >= 11 is 0. The first kappa shape index (κ1) is 23.5. The molecule has 0 atom stereocenters. The van der Waals surface area contributed by atoms with Crippen LogP contribution in [0.25, 0.3) is 16.8 Å². The number of nitrogens with zero attached hydrogens (tertiary/aromatic N) is 8. The predicted molar refractivity (Wildman–Crippen MR) is 140 cm³/mol. The molecule has 0 aliphatic carbocycles. The molecule has 0 aliphatic heterocycles. The third-order valence-electron chi connectivity index (χ3n) is 6.13. The highest BCUT2D eigenvalue weighted by Gasteiger charge is 2.22. The van der Waals surface area contributed by atoms with Crippen LogP contribution < -0.4 is 9.80 Å². The van der Waals surface area contributed by atoms with E-state index in [1.807, 2.05) is 68.7 Å². The van der Waals surface area contributed by atoms with Crippen molar-refractivity contribution in [1.29, 1.82) is 0 Å². The van der Waals surface area contributed by atoms with Crippen LogP contribution in [0, 0.1) is 27.7 Å². The molecule has 0 unspecified atom stereocenters. The second-order valence-corrected chi connectivity index (χ2v) is 9.28. The van der Waals surface area contributed by atoms with E-state index in [4.69, 9.17) is 14.6 Å². The Hall–Kier alpha value is -4.27. The van der Waals surface area contributed by atoms with Gasteiger partial charge in [-0.25, -0.2) is 9.97 Å². The van der Waals surface area contributed by atoms with E-state index in [-0.39, 0.29) is 0 Å². The summed E-state index contributed by atoms with van der Waals surface area (Å²) in [4.78, 5) is 18.2. The van der Waals surface area contributed by atoms with E-state index in [0.717, 1.165) is 45.4 Å². The van der Waals surface area contributed by atoms with Crippen LogP contribution in [0.5, 0.6) is 0 Å². The van der Waals surface area contributed by atoms with E-state index in [1.165, 1.54) is 5.56 Å². The van der Waals surface area contributed by atoms with E-state index >= 15 is 0 Å². The van der Waals surface area contributed by atoms with Gasteiger partial charge in [0, 0.05) is 44.2 Å². The Balaban J connectivity index is 1.66. The van der Waals surface area contributed by atoms with Crippen LogP contribution >= 0.6 is 0 Å². The molecule has 0 saturated heterocycles. The van der Waals surface area contributed by atoms with E-state index in [1.54, 1.807) is 0 Å². The minimum atomic E-state index is 0.445. The van der Waals surface area contributed by atoms with Crippen LogP contribution in [-0.4, -0.2) is 43.8 Å². The molecule has 9 heteroatoms. The highest BCUT2D eigenvalue weighted by atomic mass is 16.5. The molecular formula is C27H30N8O. The van der Waals surface area contributed by atoms with Gasteiger partial charge >= 0.3 is 0 Å². The van der Waals surface area contributed by atoms with Crippen molar-refractivity contribution in [3.05, 3.63) is 82.9 Å². The van der Waals surface area contributed by atoms with E-state index in [9.17, 15) is 0 Å². The van der Waals surface area contributed by atoms with Crippen LogP contribution in [0.3, 0.4) is 0 Å². The smallest absolute Gasteiger partial charge is 0.246 e. The molecule has 0 saturated carbocycles. The minimum absolute atomic E-state index is 0.445. The molecule has 1 aromatic carbocycles. The zero-order valence-electron chi connectivity index (χ0n) is 21.5. The molecule has 0 aliphatic rings. The number of aromatic nitrogens is 6. The molecule has 4 heterocycles. The van der Waals surface area contributed by atoms with Gasteiger partial charge in [-0.1, -0.05) is 35.5 Å². The summed E-state index contributed by atoms with van der Waals surface area (Å²) in [5, 5.41) is 8.93. The Morgan fingerprint density at radius 2 is 1.72 bits per heavy atom. The molecule has 9 nitrogen and oxygen atoms in total. The average molecular weight is 483 g/mol. The fourth-order valence-electron chi connectivity index (χ4n) is 4.40. The highest BCUT2D eigenvalue weighted by Crippen LogP contribution is 2.33. The summed E-state index contributed by atoms with van der Waals surface area (Å²) in [6.45, 7) is 9.04. The van der Waals surface area contributed by atoms with Crippen molar-refractivity contribution in [2.24, 2.45) is 0 Å². The maximum atomic E-state index is 5.48. The molecule has 0 radical (unpaired) electrons. The first-order valence-electron chi connectivity index (χ1n) is 11.9. The lowest BCUT2D eigenvalue weighted by molar-refractivity contribution is 0.371. The lowest BCUT2D eigenvalue weighted by Crippen LogP contribution is -2.25. The number of hydrogen-bond donors (Lipinski definition) is 0. The topological polar surface area (TPSA) is 88.5 Å². The Morgan fingerprint density at radius 3 is 2.39 bits per heavy atom. The van der Waals surface area contributed by atoms with Crippen molar-refractivity contribution in [3.63, 3.8) is 0 Å². The summed E-state index contributed by atoms with van der Waals surface area (Å²) in [5.74, 6) is 2.98. The van der Waals surface area contributed by atoms with Gasteiger partial charge in [0.2, 0.25) is 5.89 Å². The Labute approximate surface area is 210 Å². The molecule has 5 rings (SSSR count). The molecule has 5 aromatic rings. The van der Waals surface area contributed by atoms with Gasteiger partial charge in [0.25, 0.3) is 0 Å². The fraction of sp³-hybridized carbons (Fsp3) is 0.296. The normalized spacial score (nSPS) is 11.3. The van der Waals surface area contributed by atoms with Gasteiger partial charge in [-0.3, -0.25) is 0 Å². The number of benzene rings is 1. The van der Waals surface area contributed by atoms with E-state index in [2.05, 4.69) is 51.2 Å². The Bertz CT molecular complexity index is 1520. The van der Waals surface area contributed by atoms with Gasteiger partial charge in [0.05, 0.1) is 17.8 Å². The van der Waals surface area contributed by atoms with Gasteiger partial charge in [-0.05, 0) is 44.9 Å². The molecule has 0 fully saturated rings. The third kappa shape index (κ3) is 4.51. The molecule has 0 spiro atoms. The summed E-state index contributed by atoms with van der Waals surface area (Å²) in [6.07, 6.45) is 1.92. The Kier molecular flexibility index (Phi) is 6.13. The van der Waals surface area contributed by atoms with Crippen molar-refractivity contribution in [3.8, 4) is 11.1 Å². The summed E-state index contributed by atoms with van der Waals surface area (Å²) in [5.41, 5.74) is 6.89. The monoisotopic (exact) mass is 482 g/mol. The maximum Gasteiger partial charge on any atom is 0.246 e. The molecule has 0 N–H and O–H groups in total. The highest BCUT2D eigenvalue weighted by molar-refractivity contribution is 5.83.